The van der Waals surface area contributed by atoms with E-state index >= 15 is 0 Å². The second-order valence-electron chi connectivity index (χ2n) is 6.93. The number of nitrogens with zero attached hydrogens (tertiary/aromatic N) is 2. The molecule has 0 bridgehead atoms. The van der Waals surface area contributed by atoms with Crippen LogP contribution in [-0.2, 0) is 22.6 Å². The van der Waals surface area contributed by atoms with E-state index in [4.69, 9.17) is 16.3 Å². The molecule has 7 nitrogen and oxygen atoms in total. The van der Waals surface area contributed by atoms with Gasteiger partial charge in [-0.05, 0) is 35.9 Å². The van der Waals surface area contributed by atoms with Crippen molar-refractivity contribution in [2.45, 2.75) is 32.0 Å². The van der Waals surface area contributed by atoms with Gasteiger partial charge < -0.3 is 10.1 Å². The van der Waals surface area contributed by atoms with Crippen LogP contribution in [-0.4, -0.2) is 34.3 Å². The Balaban J connectivity index is 1.65. The molecule has 9 heteroatoms. The lowest BCUT2D eigenvalue weighted by Crippen LogP contribution is -2.43. The highest BCUT2D eigenvalue weighted by Gasteiger charge is 2.19. The van der Waals surface area contributed by atoms with Gasteiger partial charge in [-0.2, -0.15) is 0 Å². The number of thiophene rings is 1. The molecule has 0 aliphatic carbocycles. The second kappa shape index (κ2) is 8.52. The van der Waals surface area contributed by atoms with Gasteiger partial charge in [-0.3, -0.25) is 18.7 Å². The molecule has 1 saturated heterocycles. The smallest absolute Gasteiger partial charge is 0.332 e. The van der Waals surface area contributed by atoms with Crippen molar-refractivity contribution in [1.82, 2.24) is 14.5 Å². The predicted octanol–water partition coefficient (Wildman–Crippen LogP) is 2.22. The quantitative estimate of drug-likeness (QED) is 0.646. The summed E-state index contributed by atoms with van der Waals surface area (Å²) in [5.41, 5.74) is 0.218. The van der Waals surface area contributed by atoms with E-state index in [1.807, 2.05) is 0 Å². The van der Waals surface area contributed by atoms with Crippen molar-refractivity contribution >= 4 is 39.1 Å². The standard InChI is InChI=1S/C20H20ClN3O4S/c21-15-6-2-1-4-13(15)11-24-19(26)18-16(7-9-29-18)23(20(24)27)12-17(25)22-10-14-5-3-8-28-14/h1-2,4,6-7,9,14H,3,5,8,10-12H2,(H,22,25)/t14-/m0/s1. The fraction of sp³-hybridized carbons (Fsp3) is 0.350. The molecular weight excluding hydrogens is 414 g/mol. The number of fused-ring (bicyclic) bond motifs is 1. The molecule has 0 unspecified atom stereocenters. The lowest BCUT2D eigenvalue weighted by atomic mass is 10.2. The molecule has 1 N–H and O–H groups in total. The molecule has 3 aromatic rings. The van der Waals surface area contributed by atoms with E-state index in [9.17, 15) is 14.4 Å². The van der Waals surface area contributed by atoms with Crippen molar-refractivity contribution in [2.24, 2.45) is 0 Å². The summed E-state index contributed by atoms with van der Waals surface area (Å²) < 4.78 is 8.42. The summed E-state index contributed by atoms with van der Waals surface area (Å²) in [6.07, 6.45) is 1.92. The SMILES string of the molecule is O=C(Cn1c(=O)n(Cc2ccccc2Cl)c(=O)c2sccc21)NC[C@@H]1CCCO1. The van der Waals surface area contributed by atoms with Gasteiger partial charge in [0.25, 0.3) is 5.56 Å². The number of benzene rings is 1. The highest BCUT2D eigenvalue weighted by Crippen LogP contribution is 2.18. The Bertz CT molecular complexity index is 1160. The maximum Gasteiger partial charge on any atom is 0.332 e. The zero-order valence-electron chi connectivity index (χ0n) is 15.6. The Morgan fingerprint density at radius 3 is 2.83 bits per heavy atom. The molecule has 1 aliphatic heterocycles. The molecule has 1 atom stereocenters. The number of carbonyl (C=O) groups excluding carboxylic acids is 1. The Kier molecular flexibility index (Phi) is 5.84. The molecule has 0 spiro atoms. The van der Waals surface area contributed by atoms with Crippen LogP contribution in [0.3, 0.4) is 0 Å². The zero-order valence-corrected chi connectivity index (χ0v) is 17.2. The number of carbonyl (C=O) groups is 1. The van der Waals surface area contributed by atoms with Crippen molar-refractivity contribution in [3.63, 3.8) is 0 Å². The molecule has 1 aliphatic rings. The van der Waals surface area contributed by atoms with Gasteiger partial charge in [0.2, 0.25) is 5.91 Å². The van der Waals surface area contributed by atoms with Gasteiger partial charge in [-0.25, -0.2) is 4.79 Å². The van der Waals surface area contributed by atoms with Crippen LogP contribution in [0.25, 0.3) is 10.2 Å². The van der Waals surface area contributed by atoms with Crippen molar-refractivity contribution in [1.29, 1.82) is 0 Å². The second-order valence-corrected chi connectivity index (χ2v) is 8.25. The number of amides is 1. The minimum absolute atomic E-state index is 0.0195. The molecule has 29 heavy (non-hydrogen) atoms. The molecule has 1 fully saturated rings. The van der Waals surface area contributed by atoms with Crippen molar-refractivity contribution in [3.8, 4) is 0 Å². The minimum atomic E-state index is -0.534. The maximum absolute atomic E-state index is 13.1. The molecule has 3 heterocycles. The summed E-state index contributed by atoms with van der Waals surface area (Å²) in [5.74, 6) is -0.293. The third-order valence-corrected chi connectivity index (χ3v) is 6.24. The lowest BCUT2D eigenvalue weighted by Gasteiger charge is -2.14. The van der Waals surface area contributed by atoms with E-state index in [0.717, 1.165) is 17.4 Å². The number of aromatic nitrogens is 2. The maximum atomic E-state index is 13.1. The number of rotatable bonds is 6. The van der Waals surface area contributed by atoms with Crippen LogP contribution in [0.15, 0.2) is 45.3 Å². The van der Waals surface area contributed by atoms with E-state index in [2.05, 4.69) is 5.32 Å². The van der Waals surface area contributed by atoms with Crippen LogP contribution in [0.1, 0.15) is 18.4 Å². The summed E-state index contributed by atoms with van der Waals surface area (Å²) >= 11 is 7.45. The van der Waals surface area contributed by atoms with Crippen LogP contribution in [0.4, 0.5) is 0 Å². The molecule has 0 saturated carbocycles. The first-order valence-electron chi connectivity index (χ1n) is 9.37. The van der Waals surface area contributed by atoms with Crippen molar-refractivity contribution < 1.29 is 9.53 Å². The number of hydrogen-bond acceptors (Lipinski definition) is 5. The molecule has 1 amide bonds. The molecule has 0 radical (unpaired) electrons. The van der Waals surface area contributed by atoms with E-state index in [1.165, 1.54) is 15.9 Å². The van der Waals surface area contributed by atoms with Crippen LogP contribution in [0.5, 0.6) is 0 Å². The van der Waals surface area contributed by atoms with Gasteiger partial charge in [0, 0.05) is 18.2 Å². The van der Waals surface area contributed by atoms with Gasteiger partial charge in [0.05, 0.1) is 18.2 Å². The van der Waals surface area contributed by atoms with Crippen molar-refractivity contribution in [2.75, 3.05) is 13.2 Å². The van der Waals surface area contributed by atoms with Crippen molar-refractivity contribution in [3.05, 3.63) is 67.1 Å². The summed E-state index contributed by atoms with van der Waals surface area (Å²) in [6, 6.07) is 8.75. The highest BCUT2D eigenvalue weighted by molar-refractivity contribution is 7.17. The lowest BCUT2D eigenvalue weighted by molar-refractivity contribution is -0.122. The topological polar surface area (TPSA) is 82.3 Å². The summed E-state index contributed by atoms with van der Waals surface area (Å²) in [6.45, 7) is 1.01. The first-order chi connectivity index (χ1) is 14.0. The van der Waals surface area contributed by atoms with Gasteiger partial charge in [-0.15, -0.1) is 11.3 Å². The van der Waals surface area contributed by atoms with Gasteiger partial charge >= 0.3 is 5.69 Å². The van der Waals surface area contributed by atoms with E-state index in [0.29, 0.717) is 34.0 Å². The Hall–Kier alpha value is -2.42. The number of halogens is 1. The highest BCUT2D eigenvalue weighted by atomic mass is 35.5. The predicted molar refractivity (Wildman–Crippen MR) is 113 cm³/mol. The zero-order chi connectivity index (χ0) is 20.4. The fourth-order valence-corrected chi connectivity index (χ4v) is 4.49. The molecular formula is C20H20ClN3O4S. The normalized spacial score (nSPS) is 16.4. The third kappa shape index (κ3) is 4.14. The van der Waals surface area contributed by atoms with Crippen LogP contribution >= 0.6 is 22.9 Å². The number of ether oxygens (including phenoxy) is 1. The minimum Gasteiger partial charge on any atom is -0.376 e. The summed E-state index contributed by atoms with van der Waals surface area (Å²) in [5, 5.41) is 5.04. The van der Waals surface area contributed by atoms with Crippen LogP contribution in [0.2, 0.25) is 5.02 Å². The van der Waals surface area contributed by atoms with Gasteiger partial charge in [0.1, 0.15) is 11.2 Å². The van der Waals surface area contributed by atoms with Crippen LogP contribution < -0.4 is 16.6 Å². The van der Waals surface area contributed by atoms with E-state index < -0.39 is 5.69 Å². The number of nitrogens with one attached hydrogen (secondary N) is 1. The van der Waals surface area contributed by atoms with E-state index in [-0.39, 0.29) is 30.7 Å². The molecule has 2 aromatic heterocycles. The molecule has 4 rings (SSSR count). The monoisotopic (exact) mass is 433 g/mol. The van der Waals surface area contributed by atoms with E-state index in [1.54, 1.807) is 35.7 Å². The average Bonchev–Trinajstić information content (AvgIpc) is 3.40. The Labute approximate surface area is 175 Å². The Morgan fingerprint density at radius 2 is 2.07 bits per heavy atom. The fourth-order valence-electron chi connectivity index (χ4n) is 3.45. The molecule has 1 aromatic carbocycles. The Morgan fingerprint density at radius 1 is 1.24 bits per heavy atom. The van der Waals surface area contributed by atoms with Crippen LogP contribution in [0, 0.1) is 0 Å². The first kappa shape index (κ1) is 19.9. The summed E-state index contributed by atoms with van der Waals surface area (Å²) in [4.78, 5) is 38.4. The first-order valence-corrected chi connectivity index (χ1v) is 10.6. The average molecular weight is 434 g/mol. The number of hydrogen-bond donors (Lipinski definition) is 1. The largest absolute Gasteiger partial charge is 0.376 e. The molecule has 152 valence electrons. The third-order valence-electron chi connectivity index (χ3n) is 4.98. The summed E-state index contributed by atoms with van der Waals surface area (Å²) in [7, 11) is 0. The van der Waals surface area contributed by atoms with Gasteiger partial charge in [-0.1, -0.05) is 29.8 Å². The van der Waals surface area contributed by atoms with Gasteiger partial charge in [0.15, 0.2) is 0 Å².